The van der Waals surface area contributed by atoms with Crippen molar-refractivity contribution in [1.29, 1.82) is 0 Å². The molecule has 2 amide bonds. The first kappa shape index (κ1) is 16.0. The Balaban J connectivity index is 2.08. The fraction of sp³-hybridized carbons (Fsp3) is 0.833. The maximum atomic E-state index is 12.5. The smallest absolute Gasteiger partial charge is 0.320 e. The van der Waals surface area contributed by atoms with Gasteiger partial charge in [0.25, 0.3) is 0 Å². The zero-order chi connectivity index (χ0) is 15.6. The van der Waals surface area contributed by atoms with Crippen LogP contribution in [-0.4, -0.2) is 97.5 Å². The second kappa shape index (κ2) is 6.18. The van der Waals surface area contributed by atoms with Crippen LogP contribution in [0.15, 0.2) is 0 Å². The van der Waals surface area contributed by atoms with E-state index >= 15 is 0 Å². The van der Waals surface area contributed by atoms with Gasteiger partial charge in [-0.15, -0.1) is 0 Å². The van der Waals surface area contributed by atoms with Crippen molar-refractivity contribution >= 4 is 21.8 Å². The third kappa shape index (κ3) is 4.07. The molecule has 0 aromatic rings. The van der Waals surface area contributed by atoms with Crippen molar-refractivity contribution in [3.05, 3.63) is 0 Å². The molecule has 1 unspecified atom stereocenters. The summed E-state index contributed by atoms with van der Waals surface area (Å²) in [7, 11) is -1.29. The van der Waals surface area contributed by atoms with Crippen LogP contribution in [0.2, 0.25) is 0 Å². The number of sulfone groups is 1. The SMILES string of the molecule is CN1CCN(C(=O)N2CCS(=O)(=O)CC2CC(=O)O)CC1. The van der Waals surface area contributed by atoms with Gasteiger partial charge in [-0.1, -0.05) is 0 Å². The lowest BCUT2D eigenvalue weighted by molar-refractivity contribution is -0.138. The van der Waals surface area contributed by atoms with Crippen LogP contribution in [0.1, 0.15) is 6.42 Å². The summed E-state index contributed by atoms with van der Waals surface area (Å²) in [5.74, 6) is -1.45. The number of nitrogens with zero attached hydrogens (tertiary/aromatic N) is 3. The number of rotatable bonds is 2. The van der Waals surface area contributed by atoms with Crippen molar-refractivity contribution < 1.29 is 23.1 Å². The van der Waals surface area contributed by atoms with Gasteiger partial charge in [-0.05, 0) is 7.05 Å². The Hall–Kier alpha value is -1.35. The van der Waals surface area contributed by atoms with Crippen LogP contribution in [-0.2, 0) is 14.6 Å². The Labute approximate surface area is 124 Å². The summed E-state index contributed by atoms with van der Waals surface area (Å²) in [6.45, 7) is 2.77. The molecule has 0 aromatic heterocycles. The molecule has 2 saturated heterocycles. The number of carboxylic acids is 1. The summed E-state index contributed by atoms with van der Waals surface area (Å²) in [4.78, 5) is 28.6. The van der Waals surface area contributed by atoms with Crippen LogP contribution in [0.4, 0.5) is 4.79 Å². The molecular weight excluding hydrogens is 298 g/mol. The maximum absolute atomic E-state index is 12.5. The van der Waals surface area contributed by atoms with Crippen molar-refractivity contribution in [2.24, 2.45) is 0 Å². The van der Waals surface area contributed by atoms with E-state index in [0.717, 1.165) is 13.1 Å². The lowest BCUT2D eigenvalue weighted by atomic mass is 10.2. The van der Waals surface area contributed by atoms with E-state index in [9.17, 15) is 18.0 Å². The molecule has 2 aliphatic heterocycles. The van der Waals surface area contributed by atoms with Crippen LogP contribution in [0.3, 0.4) is 0 Å². The molecule has 0 saturated carbocycles. The predicted octanol–water partition coefficient (Wildman–Crippen LogP) is -1.07. The van der Waals surface area contributed by atoms with Gasteiger partial charge in [0.1, 0.15) is 0 Å². The Morgan fingerprint density at radius 2 is 1.76 bits per heavy atom. The molecule has 0 spiro atoms. The maximum Gasteiger partial charge on any atom is 0.320 e. The second-order valence-corrected chi connectivity index (χ2v) is 7.86. The Bertz CT molecular complexity index is 513. The molecule has 2 fully saturated rings. The summed E-state index contributed by atoms with van der Waals surface area (Å²) in [6, 6.07) is -1.02. The third-order valence-corrected chi connectivity index (χ3v) is 5.66. The number of carbonyl (C=O) groups excluding carboxylic acids is 1. The van der Waals surface area contributed by atoms with Crippen LogP contribution in [0.5, 0.6) is 0 Å². The predicted molar refractivity (Wildman–Crippen MR) is 75.9 cm³/mol. The molecule has 0 aliphatic carbocycles. The van der Waals surface area contributed by atoms with Crippen LogP contribution in [0.25, 0.3) is 0 Å². The summed E-state index contributed by atoms with van der Waals surface area (Å²) in [5.41, 5.74) is 0. The first-order valence-corrected chi connectivity index (χ1v) is 8.77. The third-order valence-electron chi connectivity index (χ3n) is 3.96. The van der Waals surface area contributed by atoms with E-state index < -0.39 is 21.8 Å². The molecule has 9 heteroatoms. The molecule has 1 N–H and O–H groups in total. The first-order chi connectivity index (χ1) is 9.78. The number of carbonyl (C=O) groups is 2. The number of piperazine rings is 1. The van der Waals surface area contributed by atoms with Gasteiger partial charge in [-0.2, -0.15) is 0 Å². The number of likely N-dealkylation sites (N-methyl/N-ethyl adjacent to an activating group) is 1. The molecule has 2 rings (SSSR count). The van der Waals surface area contributed by atoms with Gasteiger partial charge >= 0.3 is 12.0 Å². The fourth-order valence-corrected chi connectivity index (χ4v) is 4.21. The standard InChI is InChI=1S/C12H21N3O5S/c1-13-2-4-14(5-3-13)12(18)15-6-7-21(19,20)9-10(15)8-11(16)17/h10H,2-9H2,1H3,(H,16,17). The van der Waals surface area contributed by atoms with Crippen LogP contribution in [0, 0.1) is 0 Å². The van der Waals surface area contributed by atoms with E-state index in [4.69, 9.17) is 5.11 Å². The molecule has 2 heterocycles. The number of hydrogen-bond acceptors (Lipinski definition) is 5. The zero-order valence-electron chi connectivity index (χ0n) is 12.1. The van der Waals surface area contributed by atoms with E-state index in [1.54, 1.807) is 4.90 Å². The van der Waals surface area contributed by atoms with Gasteiger partial charge in [-0.3, -0.25) is 4.79 Å². The lowest BCUT2D eigenvalue weighted by Gasteiger charge is -2.40. The monoisotopic (exact) mass is 319 g/mol. The van der Waals surface area contributed by atoms with Gasteiger partial charge in [-0.25, -0.2) is 13.2 Å². The van der Waals surface area contributed by atoms with Crippen molar-refractivity contribution in [1.82, 2.24) is 14.7 Å². The van der Waals surface area contributed by atoms with Crippen LogP contribution >= 0.6 is 0 Å². The zero-order valence-corrected chi connectivity index (χ0v) is 12.9. The van der Waals surface area contributed by atoms with Crippen molar-refractivity contribution in [3.63, 3.8) is 0 Å². The molecule has 0 bridgehead atoms. The average molecular weight is 319 g/mol. The number of hydrogen-bond donors (Lipinski definition) is 1. The van der Waals surface area contributed by atoms with E-state index in [1.807, 2.05) is 7.05 Å². The lowest BCUT2D eigenvalue weighted by Crippen LogP contribution is -2.58. The van der Waals surface area contributed by atoms with Gasteiger partial charge < -0.3 is 19.8 Å². The normalized spacial score (nSPS) is 26.6. The minimum absolute atomic E-state index is 0.0749. The van der Waals surface area contributed by atoms with Crippen molar-refractivity contribution in [3.8, 4) is 0 Å². The van der Waals surface area contributed by atoms with E-state index in [0.29, 0.717) is 13.1 Å². The molecular formula is C12H21N3O5S. The minimum atomic E-state index is -3.27. The number of aliphatic carboxylic acids is 1. The molecule has 21 heavy (non-hydrogen) atoms. The first-order valence-electron chi connectivity index (χ1n) is 6.95. The molecule has 2 aliphatic rings. The molecule has 0 radical (unpaired) electrons. The second-order valence-electron chi connectivity index (χ2n) is 5.63. The largest absolute Gasteiger partial charge is 0.481 e. The highest BCUT2D eigenvalue weighted by Crippen LogP contribution is 2.18. The van der Waals surface area contributed by atoms with Crippen LogP contribution < -0.4 is 0 Å². The van der Waals surface area contributed by atoms with E-state index in [2.05, 4.69) is 4.90 Å². The number of amides is 2. The highest BCUT2D eigenvalue weighted by atomic mass is 32.2. The van der Waals surface area contributed by atoms with Gasteiger partial charge in [0.15, 0.2) is 9.84 Å². The summed E-state index contributed by atoms with van der Waals surface area (Å²) in [6.07, 6.45) is -0.335. The Morgan fingerprint density at radius 3 is 2.33 bits per heavy atom. The highest BCUT2D eigenvalue weighted by Gasteiger charge is 2.37. The summed E-state index contributed by atoms with van der Waals surface area (Å²) in [5, 5.41) is 8.93. The average Bonchev–Trinajstić information content (AvgIpc) is 2.37. The Morgan fingerprint density at radius 1 is 1.14 bits per heavy atom. The number of urea groups is 1. The Kier molecular flexibility index (Phi) is 4.72. The van der Waals surface area contributed by atoms with Crippen molar-refractivity contribution in [2.45, 2.75) is 12.5 Å². The molecule has 0 aromatic carbocycles. The van der Waals surface area contributed by atoms with Crippen molar-refractivity contribution in [2.75, 3.05) is 51.3 Å². The van der Waals surface area contributed by atoms with E-state index in [-0.39, 0.29) is 30.5 Å². The topological polar surface area (TPSA) is 98.2 Å². The fourth-order valence-electron chi connectivity index (χ4n) is 2.69. The summed E-state index contributed by atoms with van der Waals surface area (Å²) >= 11 is 0. The van der Waals surface area contributed by atoms with Gasteiger partial charge in [0.2, 0.25) is 0 Å². The minimum Gasteiger partial charge on any atom is -0.481 e. The quantitative estimate of drug-likeness (QED) is 0.696. The van der Waals surface area contributed by atoms with E-state index in [1.165, 1.54) is 4.90 Å². The number of carboxylic acid groups (broad SMARTS) is 1. The molecule has 8 nitrogen and oxygen atoms in total. The highest BCUT2D eigenvalue weighted by molar-refractivity contribution is 7.91. The molecule has 120 valence electrons. The van der Waals surface area contributed by atoms with Gasteiger partial charge in [0.05, 0.1) is 24.0 Å². The molecule has 1 atom stereocenters. The summed E-state index contributed by atoms with van der Waals surface area (Å²) < 4.78 is 23.4. The van der Waals surface area contributed by atoms with Gasteiger partial charge in [0, 0.05) is 32.7 Å².